The topological polar surface area (TPSA) is 84.7 Å². The van der Waals surface area contributed by atoms with Crippen molar-refractivity contribution in [3.8, 4) is 5.75 Å². The number of amides is 2. The molecule has 1 saturated heterocycles. The second-order valence-electron chi connectivity index (χ2n) is 4.77. The second-order valence-corrected chi connectivity index (χ2v) is 4.77. The van der Waals surface area contributed by atoms with E-state index in [9.17, 15) is 9.59 Å². The fourth-order valence-electron chi connectivity index (χ4n) is 2.21. The lowest BCUT2D eigenvalue weighted by Crippen LogP contribution is -2.38. The van der Waals surface area contributed by atoms with Gasteiger partial charge in [-0.2, -0.15) is 0 Å². The predicted octanol–water partition coefficient (Wildman–Crippen LogP) is 0.630. The first-order valence-corrected chi connectivity index (χ1v) is 6.60. The molecule has 0 atom stereocenters. The van der Waals surface area contributed by atoms with Gasteiger partial charge in [0, 0.05) is 30.4 Å². The maximum absolute atomic E-state index is 12.0. The zero-order valence-electron chi connectivity index (χ0n) is 11.5. The molecule has 2 amide bonds. The summed E-state index contributed by atoms with van der Waals surface area (Å²) in [6.07, 6.45) is 2.07. The van der Waals surface area contributed by atoms with Crippen LogP contribution < -0.4 is 15.8 Å². The van der Waals surface area contributed by atoms with Gasteiger partial charge in [-0.3, -0.25) is 9.59 Å². The van der Waals surface area contributed by atoms with E-state index in [0.29, 0.717) is 17.0 Å². The Morgan fingerprint density at radius 3 is 2.65 bits per heavy atom. The molecule has 0 aliphatic carbocycles. The van der Waals surface area contributed by atoms with Gasteiger partial charge in [0.1, 0.15) is 5.75 Å². The number of methoxy groups -OCH3 is 1. The van der Waals surface area contributed by atoms with Crippen molar-refractivity contribution in [3.63, 3.8) is 0 Å². The fourth-order valence-corrected chi connectivity index (χ4v) is 2.21. The van der Waals surface area contributed by atoms with E-state index in [2.05, 4.69) is 5.32 Å². The van der Waals surface area contributed by atoms with Crippen LogP contribution in [0.5, 0.6) is 5.75 Å². The first kappa shape index (κ1) is 14.2. The molecule has 3 N–H and O–H groups in total. The highest BCUT2D eigenvalue weighted by atomic mass is 16.5. The van der Waals surface area contributed by atoms with E-state index < -0.39 is 0 Å². The normalized spacial score (nSPS) is 14.2. The molecule has 0 spiro atoms. The van der Waals surface area contributed by atoms with E-state index in [0.717, 1.165) is 25.9 Å². The number of carbonyl (C=O) groups is 2. The van der Waals surface area contributed by atoms with Gasteiger partial charge in [0.25, 0.3) is 5.91 Å². The molecule has 108 valence electrons. The molecule has 1 aromatic rings. The molecular formula is C14H19N3O3. The molecular weight excluding hydrogens is 258 g/mol. The lowest BCUT2D eigenvalue weighted by Gasteiger charge is -2.15. The Morgan fingerprint density at radius 1 is 1.30 bits per heavy atom. The SMILES string of the molecule is COc1cc(N)cc(C(=O)NCC(=O)N2CCCC2)c1. The van der Waals surface area contributed by atoms with E-state index >= 15 is 0 Å². The fraction of sp³-hybridized carbons (Fsp3) is 0.429. The van der Waals surface area contributed by atoms with Gasteiger partial charge < -0.3 is 20.7 Å². The molecule has 0 bridgehead atoms. The Balaban J connectivity index is 1.94. The molecule has 20 heavy (non-hydrogen) atoms. The summed E-state index contributed by atoms with van der Waals surface area (Å²) in [4.78, 5) is 25.6. The van der Waals surface area contributed by atoms with E-state index in [-0.39, 0.29) is 18.4 Å². The number of nitrogens with one attached hydrogen (secondary N) is 1. The third-order valence-corrected chi connectivity index (χ3v) is 3.29. The summed E-state index contributed by atoms with van der Waals surface area (Å²) >= 11 is 0. The molecule has 6 nitrogen and oxygen atoms in total. The molecule has 0 radical (unpaired) electrons. The Bertz CT molecular complexity index is 510. The standard InChI is InChI=1S/C14H19N3O3/c1-20-12-7-10(6-11(15)8-12)14(19)16-9-13(18)17-4-2-3-5-17/h6-8H,2-5,9,15H2,1H3,(H,16,19). The summed E-state index contributed by atoms with van der Waals surface area (Å²) in [5.74, 6) is 0.135. The Kier molecular flexibility index (Phi) is 4.45. The molecule has 6 heteroatoms. The lowest BCUT2D eigenvalue weighted by atomic mass is 10.1. The number of nitrogens with two attached hydrogens (primary N) is 1. The number of benzene rings is 1. The van der Waals surface area contributed by atoms with Crippen molar-refractivity contribution in [2.24, 2.45) is 0 Å². The average molecular weight is 277 g/mol. The van der Waals surface area contributed by atoms with Crippen molar-refractivity contribution in [2.75, 3.05) is 32.5 Å². The van der Waals surface area contributed by atoms with Gasteiger partial charge in [0.15, 0.2) is 0 Å². The van der Waals surface area contributed by atoms with Crippen LogP contribution in [0.15, 0.2) is 18.2 Å². The molecule has 0 aromatic heterocycles. The maximum atomic E-state index is 12.0. The molecule has 1 aromatic carbocycles. The number of rotatable bonds is 4. The van der Waals surface area contributed by atoms with Gasteiger partial charge in [-0.25, -0.2) is 0 Å². The van der Waals surface area contributed by atoms with Crippen molar-refractivity contribution < 1.29 is 14.3 Å². The van der Waals surface area contributed by atoms with E-state index in [4.69, 9.17) is 10.5 Å². The highest BCUT2D eigenvalue weighted by Gasteiger charge is 2.18. The second kappa shape index (κ2) is 6.27. The van der Waals surface area contributed by atoms with Crippen LogP contribution in [0.2, 0.25) is 0 Å². The van der Waals surface area contributed by atoms with Crippen LogP contribution in [0.3, 0.4) is 0 Å². The number of carbonyl (C=O) groups excluding carboxylic acids is 2. The van der Waals surface area contributed by atoms with Gasteiger partial charge in [0.2, 0.25) is 5.91 Å². The van der Waals surface area contributed by atoms with Crippen molar-refractivity contribution in [3.05, 3.63) is 23.8 Å². The zero-order chi connectivity index (χ0) is 14.5. The van der Waals surface area contributed by atoms with Crippen LogP contribution in [0, 0.1) is 0 Å². The van der Waals surface area contributed by atoms with Crippen LogP contribution in [0.1, 0.15) is 23.2 Å². The largest absolute Gasteiger partial charge is 0.497 e. The van der Waals surface area contributed by atoms with Crippen LogP contribution in [-0.2, 0) is 4.79 Å². The van der Waals surface area contributed by atoms with Crippen molar-refractivity contribution in [1.82, 2.24) is 10.2 Å². The maximum Gasteiger partial charge on any atom is 0.251 e. The number of ether oxygens (including phenoxy) is 1. The number of anilines is 1. The van der Waals surface area contributed by atoms with Gasteiger partial charge >= 0.3 is 0 Å². The monoisotopic (exact) mass is 277 g/mol. The van der Waals surface area contributed by atoms with Crippen molar-refractivity contribution in [1.29, 1.82) is 0 Å². The molecule has 1 heterocycles. The van der Waals surface area contributed by atoms with Crippen LogP contribution in [0.25, 0.3) is 0 Å². The summed E-state index contributed by atoms with van der Waals surface area (Å²) in [5.41, 5.74) is 6.52. The first-order valence-electron chi connectivity index (χ1n) is 6.60. The zero-order valence-corrected chi connectivity index (χ0v) is 11.5. The number of likely N-dealkylation sites (tertiary alicyclic amines) is 1. The van der Waals surface area contributed by atoms with Gasteiger partial charge in [-0.1, -0.05) is 0 Å². The van der Waals surface area contributed by atoms with Crippen LogP contribution >= 0.6 is 0 Å². The number of nitrogens with zero attached hydrogens (tertiary/aromatic N) is 1. The predicted molar refractivity (Wildman–Crippen MR) is 75.6 cm³/mol. The molecule has 2 rings (SSSR count). The van der Waals surface area contributed by atoms with Gasteiger partial charge in [0.05, 0.1) is 13.7 Å². The molecule has 1 aliphatic heterocycles. The van der Waals surface area contributed by atoms with Crippen LogP contribution in [-0.4, -0.2) is 43.5 Å². The highest BCUT2D eigenvalue weighted by molar-refractivity contribution is 5.97. The number of hydrogen-bond donors (Lipinski definition) is 2. The number of nitrogen functional groups attached to an aromatic ring is 1. The minimum Gasteiger partial charge on any atom is -0.497 e. The molecule has 1 aliphatic rings. The lowest BCUT2D eigenvalue weighted by molar-refractivity contribution is -0.129. The average Bonchev–Trinajstić information content (AvgIpc) is 2.97. The third-order valence-electron chi connectivity index (χ3n) is 3.29. The summed E-state index contributed by atoms with van der Waals surface area (Å²) < 4.78 is 5.06. The summed E-state index contributed by atoms with van der Waals surface area (Å²) in [6.45, 7) is 1.57. The third kappa shape index (κ3) is 3.40. The van der Waals surface area contributed by atoms with Crippen LogP contribution in [0.4, 0.5) is 5.69 Å². The van der Waals surface area contributed by atoms with Crippen molar-refractivity contribution >= 4 is 17.5 Å². The Morgan fingerprint density at radius 2 is 2.00 bits per heavy atom. The Labute approximate surface area is 117 Å². The quantitative estimate of drug-likeness (QED) is 0.791. The summed E-state index contributed by atoms with van der Waals surface area (Å²) in [6, 6.07) is 4.77. The van der Waals surface area contributed by atoms with E-state index in [1.54, 1.807) is 23.1 Å². The molecule has 0 unspecified atom stereocenters. The first-order chi connectivity index (χ1) is 9.60. The van der Waals surface area contributed by atoms with Crippen molar-refractivity contribution in [2.45, 2.75) is 12.8 Å². The van der Waals surface area contributed by atoms with Gasteiger partial charge in [-0.05, 0) is 25.0 Å². The summed E-state index contributed by atoms with van der Waals surface area (Å²) in [7, 11) is 1.51. The Hall–Kier alpha value is -2.24. The van der Waals surface area contributed by atoms with E-state index in [1.807, 2.05) is 0 Å². The smallest absolute Gasteiger partial charge is 0.251 e. The highest BCUT2D eigenvalue weighted by Crippen LogP contribution is 2.18. The van der Waals surface area contributed by atoms with E-state index in [1.165, 1.54) is 7.11 Å². The summed E-state index contributed by atoms with van der Waals surface area (Å²) in [5, 5.41) is 2.61. The molecule has 1 fully saturated rings. The minimum absolute atomic E-state index is 0.00987. The molecule has 0 saturated carbocycles. The van der Waals surface area contributed by atoms with Gasteiger partial charge in [-0.15, -0.1) is 0 Å². The number of hydrogen-bond acceptors (Lipinski definition) is 4. The minimum atomic E-state index is -0.330.